The zero-order valence-electron chi connectivity index (χ0n) is 19.5. The van der Waals surface area contributed by atoms with Gasteiger partial charge in [0.2, 0.25) is 0 Å². The van der Waals surface area contributed by atoms with Gasteiger partial charge in [-0.2, -0.15) is 0 Å². The number of benzene rings is 3. The van der Waals surface area contributed by atoms with Crippen LogP contribution in [0, 0.1) is 3.57 Å². The van der Waals surface area contributed by atoms with E-state index < -0.39 is 6.10 Å². The number of hydrogen-bond donors (Lipinski definition) is 0. The monoisotopic (exact) mass is 573 g/mol. The summed E-state index contributed by atoms with van der Waals surface area (Å²) in [5.74, 6) is 2.02. The molecule has 34 heavy (non-hydrogen) atoms. The van der Waals surface area contributed by atoms with Gasteiger partial charge in [-0.05, 0) is 85.3 Å². The van der Waals surface area contributed by atoms with E-state index in [1.54, 1.807) is 6.92 Å². The van der Waals surface area contributed by atoms with Gasteiger partial charge in [0.25, 0.3) is 0 Å². The lowest BCUT2D eigenvalue weighted by atomic mass is 10.1. The Balaban J connectivity index is 1.54. The number of carbonyl (C=O) groups excluding carboxylic acids is 1. The van der Waals surface area contributed by atoms with Crippen LogP contribution in [0.15, 0.2) is 66.7 Å². The van der Waals surface area contributed by atoms with Crippen LogP contribution in [-0.2, 0) is 20.7 Å². The van der Waals surface area contributed by atoms with Gasteiger partial charge in [-0.25, -0.2) is 4.79 Å². The molecule has 0 radical (unpaired) electrons. The molecule has 0 amide bonds. The molecule has 0 fully saturated rings. The molecule has 0 saturated heterocycles. The normalized spacial score (nSPS) is 13.8. The predicted octanol–water partition coefficient (Wildman–Crippen LogP) is 6.47. The molecule has 1 aliphatic heterocycles. The summed E-state index contributed by atoms with van der Waals surface area (Å²) in [5.41, 5.74) is 2.89. The van der Waals surface area contributed by atoms with Crippen molar-refractivity contribution in [3.05, 3.63) is 75.9 Å². The maximum absolute atomic E-state index is 12.2. The van der Waals surface area contributed by atoms with Crippen molar-refractivity contribution in [2.75, 3.05) is 18.1 Å². The van der Waals surface area contributed by atoms with E-state index in [1.807, 2.05) is 80.6 Å². The molecule has 0 spiro atoms. The largest absolute Gasteiger partial charge is 0.469 e. The van der Waals surface area contributed by atoms with E-state index in [-0.39, 0.29) is 12.2 Å². The van der Waals surface area contributed by atoms with Crippen LogP contribution >= 0.6 is 22.6 Å². The first-order valence-corrected chi connectivity index (χ1v) is 12.5. The number of fused-ring (bicyclic) bond motifs is 2. The number of ether oxygens (including phenoxy) is 4. The van der Waals surface area contributed by atoms with Crippen LogP contribution in [-0.4, -0.2) is 31.5 Å². The van der Waals surface area contributed by atoms with E-state index in [0.717, 1.165) is 37.8 Å². The summed E-state index contributed by atoms with van der Waals surface area (Å²) < 4.78 is 24.2. The summed E-state index contributed by atoms with van der Waals surface area (Å²) in [6, 6.07) is 21.8. The number of para-hydroxylation sites is 4. The Morgan fingerprint density at radius 2 is 1.62 bits per heavy atom. The fraction of sp³-hybridized carbons (Fsp3) is 0.296. The van der Waals surface area contributed by atoms with Crippen molar-refractivity contribution in [3.8, 4) is 17.2 Å². The lowest BCUT2D eigenvalue weighted by Gasteiger charge is -2.36. The molecule has 0 N–H and O–H groups in total. The number of nitrogens with zero attached hydrogens (tertiary/aromatic N) is 1. The highest BCUT2D eigenvalue weighted by molar-refractivity contribution is 14.1. The molecule has 3 aromatic carbocycles. The third-order valence-corrected chi connectivity index (χ3v) is 6.31. The Morgan fingerprint density at radius 3 is 2.21 bits per heavy atom. The van der Waals surface area contributed by atoms with E-state index in [4.69, 9.17) is 18.9 Å². The van der Waals surface area contributed by atoms with Crippen molar-refractivity contribution < 1.29 is 23.7 Å². The molecule has 0 bridgehead atoms. The van der Waals surface area contributed by atoms with Gasteiger partial charge in [0.1, 0.15) is 5.75 Å². The van der Waals surface area contributed by atoms with E-state index >= 15 is 0 Å². The molecular weight excluding hydrogens is 545 g/mol. The quantitative estimate of drug-likeness (QED) is 0.216. The van der Waals surface area contributed by atoms with Gasteiger partial charge in [0.05, 0.1) is 21.6 Å². The molecule has 2 atom stereocenters. The molecule has 6 nitrogen and oxygen atoms in total. The molecule has 0 aromatic heterocycles. The molecular formula is C27H28INO5. The topological polar surface area (TPSA) is 57.2 Å². The Labute approximate surface area is 213 Å². The van der Waals surface area contributed by atoms with Gasteiger partial charge in [-0.1, -0.05) is 30.3 Å². The number of rotatable bonds is 9. The molecule has 0 aliphatic carbocycles. The van der Waals surface area contributed by atoms with Crippen molar-refractivity contribution in [1.29, 1.82) is 0 Å². The summed E-state index contributed by atoms with van der Waals surface area (Å²) in [7, 11) is 0. The Bertz CT molecular complexity index is 1110. The molecule has 178 valence electrons. The molecule has 1 heterocycles. The Morgan fingerprint density at radius 1 is 0.971 bits per heavy atom. The van der Waals surface area contributed by atoms with Crippen LogP contribution in [0.2, 0.25) is 0 Å². The first kappa shape index (κ1) is 24.3. The lowest BCUT2D eigenvalue weighted by molar-refractivity contribution is -0.156. The van der Waals surface area contributed by atoms with Crippen molar-refractivity contribution in [1.82, 2.24) is 0 Å². The highest BCUT2D eigenvalue weighted by Gasteiger charge is 2.29. The van der Waals surface area contributed by atoms with Gasteiger partial charge in [-0.15, -0.1) is 0 Å². The smallest absolute Gasteiger partial charge is 0.335 e. The van der Waals surface area contributed by atoms with Gasteiger partial charge in [0.15, 0.2) is 23.8 Å². The molecule has 0 saturated carbocycles. The van der Waals surface area contributed by atoms with Crippen molar-refractivity contribution >= 4 is 39.9 Å². The molecule has 1 aliphatic rings. The summed E-state index contributed by atoms with van der Waals surface area (Å²) in [6.45, 7) is 6.47. The van der Waals surface area contributed by atoms with E-state index in [9.17, 15) is 4.79 Å². The lowest BCUT2D eigenvalue weighted by Crippen LogP contribution is -2.35. The maximum Gasteiger partial charge on any atom is 0.335 e. The van der Waals surface area contributed by atoms with E-state index in [0.29, 0.717) is 19.6 Å². The third-order valence-electron chi connectivity index (χ3n) is 5.47. The summed E-state index contributed by atoms with van der Waals surface area (Å²) >= 11 is 2.27. The highest BCUT2D eigenvalue weighted by Crippen LogP contribution is 2.47. The predicted molar refractivity (Wildman–Crippen MR) is 140 cm³/mol. The van der Waals surface area contributed by atoms with Crippen molar-refractivity contribution in [2.45, 2.75) is 39.5 Å². The minimum Gasteiger partial charge on any atom is -0.469 e. The van der Waals surface area contributed by atoms with Gasteiger partial charge < -0.3 is 18.9 Å². The van der Waals surface area contributed by atoms with Crippen molar-refractivity contribution in [2.24, 2.45) is 0 Å². The Kier molecular flexibility index (Phi) is 7.95. The van der Waals surface area contributed by atoms with Crippen LogP contribution in [0.4, 0.5) is 11.4 Å². The molecule has 2 unspecified atom stereocenters. The van der Waals surface area contributed by atoms with Crippen molar-refractivity contribution in [3.63, 3.8) is 0 Å². The van der Waals surface area contributed by atoms with Crippen LogP contribution in [0.1, 0.15) is 26.3 Å². The second kappa shape index (κ2) is 11.1. The van der Waals surface area contributed by atoms with Gasteiger partial charge in [-0.3, -0.25) is 4.90 Å². The zero-order valence-corrected chi connectivity index (χ0v) is 21.7. The molecule has 7 heteroatoms. The minimum atomic E-state index is -0.618. The molecule has 4 rings (SSSR count). The summed E-state index contributed by atoms with van der Waals surface area (Å²) in [6.07, 6.45) is -0.461. The number of esters is 1. The minimum absolute atomic E-state index is 0.290. The van der Waals surface area contributed by atoms with Gasteiger partial charge >= 0.3 is 5.97 Å². The zero-order chi connectivity index (χ0) is 24.1. The second-order valence-corrected chi connectivity index (χ2v) is 8.95. The van der Waals surface area contributed by atoms with Crippen LogP contribution < -0.4 is 14.4 Å². The average Bonchev–Trinajstić information content (AvgIpc) is 2.84. The number of halogens is 1. The maximum atomic E-state index is 12.2. The number of hydrogen-bond acceptors (Lipinski definition) is 6. The summed E-state index contributed by atoms with van der Waals surface area (Å²) in [4.78, 5) is 14.4. The number of anilines is 2. The number of carbonyl (C=O) groups is 1. The highest BCUT2D eigenvalue weighted by atomic mass is 127. The standard InChI is InChI=1S/C27H28INO5/c1-4-31-26(27(30)32-5-2)17-19-14-15-23(20(28)16-19)33-18(3)29-21-10-6-8-12-24(21)34-25-13-9-7-11-22(25)29/h6-16,18,26H,4-5,17H2,1-3H3. The fourth-order valence-electron chi connectivity index (χ4n) is 3.99. The van der Waals surface area contributed by atoms with E-state index in [1.165, 1.54) is 0 Å². The second-order valence-electron chi connectivity index (χ2n) is 7.79. The van der Waals surface area contributed by atoms with Crippen LogP contribution in [0.25, 0.3) is 0 Å². The fourth-order valence-corrected chi connectivity index (χ4v) is 4.70. The first-order chi connectivity index (χ1) is 16.5. The van der Waals surface area contributed by atoms with Crippen LogP contribution in [0.3, 0.4) is 0 Å². The third kappa shape index (κ3) is 5.31. The Hall–Kier alpha value is -2.78. The average molecular weight is 573 g/mol. The first-order valence-electron chi connectivity index (χ1n) is 11.4. The van der Waals surface area contributed by atoms with E-state index in [2.05, 4.69) is 27.5 Å². The summed E-state index contributed by atoms with van der Waals surface area (Å²) in [5, 5.41) is 0. The molecule has 3 aromatic rings. The SMILES string of the molecule is CCOC(=O)C(Cc1ccc(OC(C)N2c3ccccc3Oc3ccccc32)c(I)c1)OCC. The van der Waals surface area contributed by atoms with Crippen LogP contribution in [0.5, 0.6) is 17.2 Å². The van der Waals surface area contributed by atoms with Gasteiger partial charge in [0, 0.05) is 13.0 Å².